The Balaban J connectivity index is 1.34. The lowest BCUT2D eigenvalue weighted by Gasteiger charge is -2.27. The molecule has 28 heavy (non-hydrogen) atoms. The Morgan fingerprint density at radius 2 is 1.96 bits per heavy atom. The van der Waals surface area contributed by atoms with Gasteiger partial charge in [-0.05, 0) is 49.1 Å². The van der Waals surface area contributed by atoms with Crippen molar-refractivity contribution in [2.24, 2.45) is 5.92 Å². The van der Waals surface area contributed by atoms with E-state index in [0.717, 1.165) is 30.4 Å². The fraction of sp³-hybridized carbons (Fsp3) is 0.500. The number of amides is 3. The normalized spacial score (nSPS) is 24.6. The van der Waals surface area contributed by atoms with Crippen molar-refractivity contribution < 1.29 is 14.4 Å². The molecule has 0 bridgehead atoms. The van der Waals surface area contributed by atoms with Gasteiger partial charge in [0.15, 0.2) is 0 Å². The topological polar surface area (TPSA) is 87.3 Å². The molecule has 148 valence electrons. The molecular formula is C22H27N3O3. The summed E-state index contributed by atoms with van der Waals surface area (Å²) in [5, 5.41) is 8.88. The third kappa shape index (κ3) is 4.26. The molecule has 0 radical (unpaired) electrons. The van der Waals surface area contributed by atoms with Crippen molar-refractivity contribution in [1.29, 1.82) is 0 Å². The maximum Gasteiger partial charge on any atom is 0.242 e. The van der Waals surface area contributed by atoms with E-state index < -0.39 is 6.04 Å². The molecule has 1 aromatic rings. The molecule has 1 aliphatic heterocycles. The molecular weight excluding hydrogens is 354 g/mol. The van der Waals surface area contributed by atoms with Crippen LogP contribution < -0.4 is 16.0 Å². The number of rotatable bonds is 6. The van der Waals surface area contributed by atoms with Gasteiger partial charge in [0.1, 0.15) is 6.04 Å². The van der Waals surface area contributed by atoms with Crippen molar-refractivity contribution in [1.82, 2.24) is 16.0 Å². The second kappa shape index (κ2) is 8.17. The van der Waals surface area contributed by atoms with Crippen LogP contribution in [0.4, 0.5) is 0 Å². The van der Waals surface area contributed by atoms with Crippen LogP contribution in [0.25, 0.3) is 6.08 Å². The molecule has 2 unspecified atom stereocenters. The lowest BCUT2D eigenvalue weighted by atomic mass is 9.86. The quantitative estimate of drug-likeness (QED) is 0.703. The second-order valence-corrected chi connectivity index (χ2v) is 8.03. The van der Waals surface area contributed by atoms with E-state index in [1.807, 2.05) is 30.3 Å². The highest BCUT2D eigenvalue weighted by Gasteiger charge is 2.35. The maximum atomic E-state index is 12.8. The monoisotopic (exact) mass is 381 g/mol. The first-order chi connectivity index (χ1) is 13.6. The Morgan fingerprint density at radius 1 is 1.14 bits per heavy atom. The Morgan fingerprint density at radius 3 is 2.75 bits per heavy atom. The largest absolute Gasteiger partial charge is 0.353 e. The Hall–Kier alpha value is -2.63. The lowest BCUT2D eigenvalue weighted by molar-refractivity contribution is -0.131. The van der Waals surface area contributed by atoms with Gasteiger partial charge in [0.2, 0.25) is 17.7 Å². The summed E-state index contributed by atoms with van der Waals surface area (Å²) < 4.78 is 0. The van der Waals surface area contributed by atoms with Gasteiger partial charge in [-0.1, -0.05) is 36.4 Å². The number of benzene rings is 1. The van der Waals surface area contributed by atoms with Crippen molar-refractivity contribution in [2.75, 3.05) is 6.54 Å². The number of piperidine rings is 1. The zero-order chi connectivity index (χ0) is 19.5. The summed E-state index contributed by atoms with van der Waals surface area (Å²) in [6, 6.07) is 7.44. The molecule has 2 aliphatic carbocycles. The van der Waals surface area contributed by atoms with Crippen LogP contribution in [-0.2, 0) is 14.4 Å². The maximum absolute atomic E-state index is 12.8. The second-order valence-electron chi connectivity index (χ2n) is 8.03. The highest BCUT2D eigenvalue weighted by Crippen LogP contribution is 2.33. The van der Waals surface area contributed by atoms with E-state index in [1.165, 1.54) is 0 Å². The van der Waals surface area contributed by atoms with Gasteiger partial charge in [-0.15, -0.1) is 0 Å². The number of carbonyl (C=O) groups is 3. The van der Waals surface area contributed by atoms with Gasteiger partial charge in [-0.2, -0.15) is 0 Å². The first-order valence-corrected chi connectivity index (χ1v) is 10.2. The highest BCUT2D eigenvalue weighted by atomic mass is 16.2. The number of allylic oxidation sites excluding steroid dienone is 1. The summed E-state index contributed by atoms with van der Waals surface area (Å²) in [4.78, 5) is 36.9. The standard InChI is InChI=1S/C22H27N3O3/c26-20-10-4-9-18(24-20)22(28)25-19(15-11-12-15)13-23-21(27)17-8-3-6-14-5-1-2-7-16(14)17/h1-3,5-7,15,17-19H,4,8-13H2,(H,23,27)(H,24,26)(H,25,28)/t17?,18-,19?/m1/s1. The highest BCUT2D eigenvalue weighted by molar-refractivity contribution is 5.89. The minimum Gasteiger partial charge on any atom is -0.353 e. The summed E-state index contributed by atoms with van der Waals surface area (Å²) in [6.45, 7) is 0.429. The van der Waals surface area contributed by atoms with Crippen LogP contribution in [0.1, 0.15) is 55.6 Å². The zero-order valence-corrected chi connectivity index (χ0v) is 15.9. The van der Waals surface area contributed by atoms with Crippen LogP contribution >= 0.6 is 0 Å². The van der Waals surface area contributed by atoms with Crippen LogP contribution in [0.2, 0.25) is 0 Å². The van der Waals surface area contributed by atoms with Crippen LogP contribution in [0.5, 0.6) is 0 Å². The van der Waals surface area contributed by atoms with Crippen molar-refractivity contribution in [3.8, 4) is 0 Å². The predicted octanol–water partition coefficient (Wildman–Crippen LogP) is 1.87. The molecule has 1 aromatic carbocycles. The fourth-order valence-electron chi connectivity index (χ4n) is 4.14. The first kappa shape index (κ1) is 18.7. The summed E-state index contributed by atoms with van der Waals surface area (Å²) in [6.07, 6.45) is 8.82. The predicted molar refractivity (Wildman–Crippen MR) is 106 cm³/mol. The summed E-state index contributed by atoms with van der Waals surface area (Å²) in [5.74, 6) is 0.0240. The van der Waals surface area contributed by atoms with Crippen LogP contribution in [0.3, 0.4) is 0 Å². The number of fused-ring (bicyclic) bond motifs is 1. The number of carbonyl (C=O) groups excluding carboxylic acids is 3. The average molecular weight is 381 g/mol. The van der Waals surface area contributed by atoms with Gasteiger partial charge in [0, 0.05) is 19.0 Å². The molecule has 6 heteroatoms. The van der Waals surface area contributed by atoms with E-state index in [-0.39, 0.29) is 29.7 Å². The van der Waals surface area contributed by atoms with Gasteiger partial charge in [0.25, 0.3) is 0 Å². The molecule has 6 nitrogen and oxygen atoms in total. The molecule has 0 spiro atoms. The molecule has 1 saturated carbocycles. The van der Waals surface area contributed by atoms with E-state index in [4.69, 9.17) is 0 Å². The summed E-state index contributed by atoms with van der Waals surface area (Å²) >= 11 is 0. The Kier molecular flexibility index (Phi) is 5.46. The Labute approximate surface area is 165 Å². The molecule has 0 aromatic heterocycles. The molecule has 3 amide bonds. The number of hydrogen-bond acceptors (Lipinski definition) is 3. The van der Waals surface area contributed by atoms with Crippen LogP contribution in [-0.4, -0.2) is 36.3 Å². The molecule has 3 atom stereocenters. The minimum absolute atomic E-state index is 0.00247. The molecule has 1 heterocycles. The van der Waals surface area contributed by atoms with Crippen LogP contribution in [0, 0.1) is 5.92 Å². The van der Waals surface area contributed by atoms with E-state index in [1.54, 1.807) is 0 Å². The fourth-order valence-corrected chi connectivity index (χ4v) is 4.14. The van der Waals surface area contributed by atoms with E-state index in [9.17, 15) is 14.4 Å². The van der Waals surface area contributed by atoms with Gasteiger partial charge < -0.3 is 16.0 Å². The molecule has 1 saturated heterocycles. The van der Waals surface area contributed by atoms with Crippen molar-refractivity contribution in [2.45, 2.75) is 56.5 Å². The zero-order valence-electron chi connectivity index (χ0n) is 15.9. The molecule has 3 N–H and O–H groups in total. The number of hydrogen-bond donors (Lipinski definition) is 3. The van der Waals surface area contributed by atoms with Gasteiger partial charge >= 0.3 is 0 Å². The number of nitrogens with one attached hydrogen (secondary N) is 3. The summed E-state index contributed by atoms with van der Waals surface area (Å²) in [7, 11) is 0. The molecule has 3 aliphatic rings. The third-order valence-corrected chi connectivity index (χ3v) is 5.92. The van der Waals surface area contributed by atoms with E-state index in [0.29, 0.717) is 31.7 Å². The van der Waals surface area contributed by atoms with Gasteiger partial charge in [0.05, 0.1) is 5.92 Å². The van der Waals surface area contributed by atoms with Crippen LogP contribution in [0.15, 0.2) is 30.3 Å². The van der Waals surface area contributed by atoms with Gasteiger partial charge in [-0.25, -0.2) is 0 Å². The third-order valence-electron chi connectivity index (χ3n) is 5.92. The smallest absolute Gasteiger partial charge is 0.242 e. The minimum atomic E-state index is -0.450. The molecule has 4 rings (SSSR count). The molecule has 2 fully saturated rings. The Bertz CT molecular complexity index is 800. The van der Waals surface area contributed by atoms with Crippen molar-refractivity contribution in [3.05, 3.63) is 41.5 Å². The SMILES string of the molecule is O=C1CCC[C@H](C(=O)NC(CNC(=O)C2CC=Cc3ccccc32)C2CC2)N1. The van der Waals surface area contributed by atoms with Crippen molar-refractivity contribution >= 4 is 23.8 Å². The van der Waals surface area contributed by atoms with Crippen molar-refractivity contribution in [3.63, 3.8) is 0 Å². The van der Waals surface area contributed by atoms with Gasteiger partial charge in [-0.3, -0.25) is 14.4 Å². The first-order valence-electron chi connectivity index (χ1n) is 10.2. The van der Waals surface area contributed by atoms with E-state index >= 15 is 0 Å². The lowest BCUT2D eigenvalue weighted by Crippen LogP contribution is -2.54. The van der Waals surface area contributed by atoms with E-state index in [2.05, 4.69) is 22.0 Å². The average Bonchev–Trinajstić information content (AvgIpc) is 3.55. The summed E-state index contributed by atoms with van der Waals surface area (Å²) in [5.41, 5.74) is 2.15.